The fourth-order valence-electron chi connectivity index (χ4n) is 1.82. The molecule has 90 valence electrons. The summed E-state index contributed by atoms with van der Waals surface area (Å²) in [7, 11) is 0. The number of hydrogen-bond donors (Lipinski definition) is 1. The van der Waals surface area contributed by atoms with Crippen LogP contribution in [0.5, 0.6) is 5.75 Å². The molecule has 2 rings (SSSR count). The molecule has 0 amide bonds. The molecule has 1 saturated heterocycles. The number of nitrogens with zero attached hydrogens (tertiary/aromatic N) is 1. The Morgan fingerprint density at radius 2 is 1.82 bits per heavy atom. The second kappa shape index (κ2) is 5.59. The van der Waals surface area contributed by atoms with Crippen molar-refractivity contribution in [3.05, 3.63) is 27.7 Å². The highest BCUT2D eigenvalue weighted by Gasteiger charge is 2.18. The first-order valence-electron chi connectivity index (χ1n) is 5.47. The van der Waals surface area contributed by atoms with E-state index in [1.807, 2.05) is 6.07 Å². The molecule has 0 aromatic heterocycles. The second-order valence-corrected chi connectivity index (χ2v) is 4.76. The van der Waals surface area contributed by atoms with Crippen LogP contribution in [0.1, 0.15) is 18.4 Å². The van der Waals surface area contributed by atoms with Gasteiger partial charge in [-0.2, -0.15) is 5.26 Å². The molecule has 1 aliphatic rings. The van der Waals surface area contributed by atoms with Crippen LogP contribution < -0.4 is 10.1 Å². The van der Waals surface area contributed by atoms with E-state index >= 15 is 0 Å². The molecule has 1 aliphatic heterocycles. The van der Waals surface area contributed by atoms with Crippen LogP contribution in [0.2, 0.25) is 10.0 Å². The van der Waals surface area contributed by atoms with Gasteiger partial charge in [0.1, 0.15) is 6.10 Å². The van der Waals surface area contributed by atoms with Crippen LogP contribution in [0, 0.1) is 11.3 Å². The number of ether oxygens (including phenoxy) is 1. The maximum Gasteiger partial charge on any atom is 0.156 e. The molecular weight excluding hydrogens is 259 g/mol. The van der Waals surface area contributed by atoms with Gasteiger partial charge in [-0.3, -0.25) is 0 Å². The molecule has 3 nitrogen and oxygen atoms in total. The number of benzene rings is 1. The van der Waals surface area contributed by atoms with Gasteiger partial charge in [0.15, 0.2) is 5.75 Å². The average Bonchev–Trinajstić information content (AvgIpc) is 2.35. The molecule has 1 aromatic carbocycles. The number of halogens is 2. The summed E-state index contributed by atoms with van der Waals surface area (Å²) >= 11 is 12.1. The van der Waals surface area contributed by atoms with E-state index in [9.17, 15) is 0 Å². The van der Waals surface area contributed by atoms with Crippen molar-refractivity contribution in [2.75, 3.05) is 13.1 Å². The van der Waals surface area contributed by atoms with Crippen LogP contribution in [0.15, 0.2) is 12.1 Å². The molecule has 0 atom stereocenters. The Morgan fingerprint density at radius 3 is 2.35 bits per heavy atom. The van der Waals surface area contributed by atoms with Crippen LogP contribution in [0.4, 0.5) is 0 Å². The van der Waals surface area contributed by atoms with Gasteiger partial charge in [-0.15, -0.1) is 0 Å². The average molecular weight is 271 g/mol. The zero-order chi connectivity index (χ0) is 12.3. The standard InChI is InChI=1S/C12H12Cl2N2O/c13-10-5-8(7-15)6-11(14)12(10)17-9-1-3-16-4-2-9/h5-6,9,16H,1-4H2. The van der Waals surface area contributed by atoms with Gasteiger partial charge >= 0.3 is 0 Å². The minimum atomic E-state index is 0.138. The summed E-state index contributed by atoms with van der Waals surface area (Å²) in [6, 6.07) is 5.15. The van der Waals surface area contributed by atoms with Crippen molar-refractivity contribution in [3.8, 4) is 11.8 Å². The summed E-state index contributed by atoms with van der Waals surface area (Å²) in [6.07, 6.45) is 2.01. The first-order chi connectivity index (χ1) is 8.20. The fraction of sp³-hybridized carbons (Fsp3) is 0.417. The summed E-state index contributed by atoms with van der Waals surface area (Å²) in [5.41, 5.74) is 0.442. The zero-order valence-corrected chi connectivity index (χ0v) is 10.7. The lowest BCUT2D eigenvalue weighted by Crippen LogP contribution is -2.34. The van der Waals surface area contributed by atoms with E-state index in [-0.39, 0.29) is 6.10 Å². The van der Waals surface area contributed by atoms with Crippen LogP contribution in [0.3, 0.4) is 0 Å². The van der Waals surface area contributed by atoms with E-state index in [1.54, 1.807) is 12.1 Å². The summed E-state index contributed by atoms with van der Waals surface area (Å²) in [6.45, 7) is 1.88. The Kier molecular flexibility index (Phi) is 4.11. The minimum absolute atomic E-state index is 0.138. The SMILES string of the molecule is N#Cc1cc(Cl)c(OC2CCNCC2)c(Cl)c1. The second-order valence-electron chi connectivity index (χ2n) is 3.95. The number of nitriles is 1. The molecule has 0 aliphatic carbocycles. The Balaban J connectivity index is 2.18. The van der Waals surface area contributed by atoms with Crippen LogP contribution in [0.25, 0.3) is 0 Å². The van der Waals surface area contributed by atoms with Crippen molar-refractivity contribution >= 4 is 23.2 Å². The highest BCUT2D eigenvalue weighted by Crippen LogP contribution is 2.35. The van der Waals surface area contributed by atoms with Gasteiger partial charge in [-0.25, -0.2) is 0 Å². The normalized spacial score (nSPS) is 16.5. The molecule has 17 heavy (non-hydrogen) atoms. The Morgan fingerprint density at radius 1 is 1.24 bits per heavy atom. The Bertz CT molecular complexity index is 427. The van der Waals surface area contributed by atoms with Crippen molar-refractivity contribution in [3.63, 3.8) is 0 Å². The Labute approximate surface area is 110 Å². The van der Waals surface area contributed by atoms with Gasteiger partial charge in [-0.05, 0) is 38.1 Å². The van der Waals surface area contributed by atoms with Crippen molar-refractivity contribution in [1.82, 2.24) is 5.32 Å². The van der Waals surface area contributed by atoms with Gasteiger partial charge in [-0.1, -0.05) is 23.2 Å². The van der Waals surface area contributed by atoms with Gasteiger partial charge in [0.05, 0.1) is 21.7 Å². The maximum atomic E-state index is 8.78. The molecule has 0 unspecified atom stereocenters. The third-order valence-electron chi connectivity index (χ3n) is 2.70. The number of rotatable bonds is 2. The maximum absolute atomic E-state index is 8.78. The Hall–Kier alpha value is -0.950. The van der Waals surface area contributed by atoms with E-state index < -0.39 is 0 Å². The van der Waals surface area contributed by atoms with Gasteiger partial charge in [0, 0.05) is 0 Å². The van der Waals surface area contributed by atoms with E-state index in [0.717, 1.165) is 25.9 Å². The molecule has 1 heterocycles. The zero-order valence-electron chi connectivity index (χ0n) is 9.17. The number of nitrogens with one attached hydrogen (secondary N) is 1. The van der Waals surface area contributed by atoms with Crippen molar-refractivity contribution in [2.45, 2.75) is 18.9 Å². The van der Waals surface area contributed by atoms with E-state index in [2.05, 4.69) is 5.32 Å². The third-order valence-corrected chi connectivity index (χ3v) is 3.26. The third kappa shape index (κ3) is 3.04. The van der Waals surface area contributed by atoms with Gasteiger partial charge in [0.25, 0.3) is 0 Å². The fourth-order valence-corrected chi connectivity index (χ4v) is 2.39. The smallest absolute Gasteiger partial charge is 0.156 e. The summed E-state index contributed by atoms with van der Waals surface area (Å²) < 4.78 is 5.80. The molecule has 0 spiro atoms. The summed E-state index contributed by atoms with van der Waals surface area (Å²) in [5.74, 6) is 0.485. The van der Waals surface area contributed by atoms with Gasteiger partial charge < -0.3 is 10.1 Å². The van der Waals surface area contributed by atoms with Gasteiger partial charge in [0.2, 0.25) is 0 Å². The molecule has 1 aromatic rings. The largest absolute Gasteiger partial charge is 0.487 e. The van der Waals surface area contributed by atoms with Crippen molar-refractivity contribution in [1.29, 1.82) is 5.26 Å². The quantitative estimate of drug-likeness (QED) is 0.899. The molecule has 5 heteroatoms. The topological polar surface area (TPSA) is 45.0 Å². The molecule has 0 radical (unpaired) electrons. The van der Waals surface area contributed by atoms with Crippen LogP contribution in [-0.4, -0.2) is 19.2 Å². The van der Waals surface area contributed by atoms with E-state index in [4.69, 9.17) is 33.2 Å². The summed E-state index contributed by atoms with van der Waals surface area (Å²) in [5, 5.41) is 12.8. The molecule has 1 fully saturated rings. The van der Waals surface area contributed by atoms with Crippen LogP contribution >= 0.6 is 23.2 Å². The monoisotopic (exact) mass is 270 g/mol. The molecule has 0 saturated carbocycles. The van der Waals surface area contributed by atoms with Crippen molar-refractivity contribution in [2.24, 2.45) is 0 Å². The van der Waals surface area contributed by atoms with Crippen LogP contribution in [-0.2, 0) is 0 Å². The lowest BCUT2D eigenvalue weighted by molar-refractivity contribution is 0.162. The molecular formula is C12H12Cl2N2O. The highest BCUT2D eigenvalue weighted by atomic mass is 35.5. The lowest BCUT2D eigenvalue weighted by Gasteiger charge is -2.24. The molecule has 0 bridgehead atoms. The first-order valence-corrected chi connectivity index (χ1v) is 6.23. The number of piperidine rings is 1. The lowest BCUT2D eigenvalue weighted by atomic mass is 10.1. The number of hydrogen-bond acceptors (Lipinski definition) is 3. The summed E-state index contributed by atoms with van der Waals surface area (Å²) in [4.78, 5) is 0. The van der Waals surface area contributed by atoms with E-state index in [1.165, 1.54) is 0 Å². The highest BCUT2D eigenvalue weighted by molar-refractivity contribution is 6.37. The predicted octanol–water partition coefficient (Wildman–Crippen LogP) is 3.00. The molecule has 1 N–H and O–H groups in total. The minimum Gasteiger partial charge on any atom is -0.487 e. The van der Waals surface area contributed by atoms with Crippen molar-refractivity contribution < 1.29 is 4.74 Å². The van der Waals surface area contributed by atoms with E-state index in [0.29, 0.717) is 21.4 Å². The predicted molar refractivity (Wildman–Crippen MR) is 67.7 cm³/mol. The first kappa shape index (κ1) is 12.5.